The lowest BCUT2D eigenvalue weighted by Crippen LogP contribution is -2.36. The van der Waals surface area contributed by atoms with Gasteiger partial charge in [-0.05, 0) is 38.3 Å². The van der Waals surface area contributed by atoms with Crippen LogP contribution in [0.5, 0.6) is 0 Å². The van der Waals surface area contributed by atoms with Gasteiger partial charge in [-0.1, -0.05) is 23.7 Å². The van der Waals surface area contributed by atoms with Gasteiger partial charge >= 0.3 is 0 Å². The van der Waals surface area contributed by atoms with Crippen molar-refractivity contribution in [3.8, 4) is 0 Å². The summed E-state index contributed by atoms with van der Waals surface area (Å²) in [6.07, 6.45) is 7.41. The molecule has 4 rings (SSSR count). The smallest absolute Gasteiger partial charge is 0.229 e. The number of rotatable bonds is 9. The molecule has 0 aliphatic carbocycles. The SMILES string of the molecule is COCCN1CCC(n2cc(Nc3ncc(Cl)c(Nc4ccccc4P(C)(C)=O)n3)cn2)CC1. The molecular weight excluding hydrogens is 473 g/mol. The highest BCUT2D eigenvalue weighted by Gasteiger charge is 2.21. The third-order valence-electron chi connectivity index (χ3n) is 5.88. The van der Waals surface area contributed by atoms with Crippen molar-refractivity contribution in [1.29, 1.82) is 0 Å². The lowest BCUT2D eigenvalue weighted by atomic mass is 10.1. The molecule has 0 bridgehead atoms. The third-order valence-corrected chi connectivity index (χ3v) is 7.71. The van der Waals surface area contributed by atoms with Crippen LogP contribution in [0.1, 0.15) is 18.9 Å². The van der Waals surface area contributed by atoms with Crippen molar-refractivity contribution in [1.82, 2.24) is 24.6 Å². The number of nitrogens with one attached hydrogen (secondary N) is 2. The highest BCUT2D eigenvalue weighted by molar-refractivity contribution is 7.70. The number of hydrogen-bond donors (Lipinski definition) is 2. The van der Waals surface area contributed by atoms with Crippen molar-refractivity contribution in [2.45, 2.75) is 18.9 Å². The quantitative estimate of drug-likeness (QED) is 0.416. The molecule has 0 saturated carbocycles. The highest BCUT2D eigenvalue weighted by Crippen LogP contribution is 2.38. The van der Waals surface area contributed by atoms with E-state index in [-0.39, 0.29) is 0 Å². The molecule has 3 aromatic rings. The Morgan fingerprint density at radius 1 is 1.18 bits per heavy atom. The van der Waals surface area contributed by atoms with Crippen LogP contribution in [-0.2, 0) is 9.30 Å². The zero-order chi connectivity index (χ0) is 24.1. The predicted octanol–water partition coefficient (Wildman–Crippen LogP) is 4.35. The first-order chi connectivity index (χ1) is 16.3. The second-order valence-corrected chi connectivity index (χ2v) is 12.4. The molecule has 0 unspecified atom stereocenters. The Balaban J connectivity index is 1.43. The van der Waals surface area contributed by atoms with E-state index in [2.05, 4.69) is 30.6 Å². The van der Waals surface area contributed by atoms with E-state index < -0.39 is 7.14 Å². The predicted molar refractivity (Wildman–Crippen MR) is 138 cm³/mol. The van der Waals surface area contributed by atoms with Crippen LogP contribution in [0.15, 0.2) is 42.9 Å². The lowest BCUT2D eigenvalue weighted by Gasteiger charge is -2.31. The summed E-state index contributed by atoms with van der Waals surface area (Å²) in [6.45, 7) is 7.29. The molecule has 0 atom stereocenters. The molecule has 182 valence electrons. The first-order valence-electron chi connectivity index (χ1n) is 11.3. The summed E-state index contributed by atoms with van der Waals surface area (Å²) in [5.74, 6) is 0.838. The maximum Gasteiger partial charge on any atom is 0.229 e. The van der Waals surface area contributed by atoms with E-state index in [4.69, 9.17) is 16.3 Å². The number of benzene rings is 1. The van der Waals surface area contributed by atoms with Gasteiger partial charge in [0.05, 0.1) is 36.4 Å². The summed E-state index contributed by atoms with van der Waals surface area (Å²) in [5.41, 5.74) is 1.52. The largest absolute Gasteiger partial charge is 0.383 e. The molecule has 1 fully saturated rings. The van der Waals surface area contributed by atoms with Crippen molar-refractivity contribution in [2.75, 3.05) is 57.3 Å². The van der Waals surface area contributed by atoms with Crippen LogP contribution in [0.4, 0.5) is 23.1 Å². The Bertz CT molecular complexity index is 1160. The van der Waals surface area contributed by atoms with Gasteiger partial charge in [-0.3, -0.25) is 4.68 Å². The van der Waals surface area contributed by atoms with Crippen molar-refractivity contribution in [2.24, 2.45) is 0 Å². The molecule has 2 N–H and O–H groups in total. The van der Waals surface area contributed by atoms with Gasteiger partial charge in [-0.15, -0.1) is 0 Å². The van der Waals surface area contributed by atoms with Gasteiger partial charge in [0, 0.05) is 38.2 Å². The number of anilines is 4. The molecule has 9 nitrogen and oxygen atoms in total. The zero-order valence-electron chi connectivity index (χ0n) is 19.7. The maximum atomic E-state index is 12.7. The number of methoxy groups -OCH3 is 1. The first kappa shape index (κ1) is 24.7. The fourth-order valence-electron chi connectivity index (χ4n) is 4.05. The van der Waals surface area contributed by atoms with Gasteiger partial charge in [0.2, 0.25) is 5.95 Å². The average Bonchev–Trinajstić information content (AvgIpc) is 3.28. The number of ether oxygens (including phenoxy) is 1. The van der Waals surface area contributed by atoms with Crippen molar-refractivity contribution >= 4 is 47.2 Å². The standard InChI is InChI=1S/C23H31ClN7O2P/c1-33-13-12-30-10-8-18(9-11-30)31-16-17(14-26-31)27-23-25-15-19(24)22(29-23)28-20-6-4-5-7-21(20)34(2,3)32/h4-7,14-16,18H,8-13H2,1-3H3,(H2,25,27,28,29). The number of hydrogen-bond acceptors (Lipinski definition) is 8. The van der Waals surface area contributed by atoms with Crippen molar-refractivity contribution in [3.05, 3.63) is 47.9 Å². The molecule has 11 heteroatoms. The first-order valence-corrected chi connectivity index (χ1v) is 14.3. The molecule has 2 aromatic heterocycles. The second kappa shape index (κ2) is 10.9. The van der Waals surface area contributed by atoms with Gasteiger partial charge in [-0.25, -0.2) is 4.98 Å². The molecule has 0 amide bonds. The van der Waals surface area contributed by atoms with Crippen LogP contribution < -0.4 is 15.9 Å². The van der Waals surface area contributed by atoms with Gasteiger partial charge < -0.3 is 24.8 Å². The molecule has 1 aliphatic heterocycles. The average molecular weight is 504 g/mol. The number of aromatic nitrogens is 4. The molecule has 0 radical (unpaired) electrons. The van der Waals surface area contributed by atoms with E-state index in [1.807, 2.05) is 35.1 Å². The van der Waals surface area contributed by atoms with Crippen LogP contribution in [-0.4, -0.2) is 71.3 Å². The van der Waals surface area contributed by atoms with E-state index in [1.165, 1.54) is 0 Å². The summed E-state index contributed by atoms with van der Waals surface area (Å²) < 4.78 is 19.9. The molecule has 1 aliphatic rings. The topological polar surface area (TPSA) is 97.2 Å². The Hall–Kier alpha value is -2.45. The Morgan fingerprint density at radius 3 is 2.68 bits per heavy atom. The summed E-state index contributed by atoms with van der Waals surface area (Å²) in [5, 5.41) is 12.1. The minimum absolute atomic E-state index is 0.369. The molecule has 0 spiro atoms. The van der Waals surface area contributed by atoms with E-state index in [0.29, 0.717) is 28.5 Å². The van der Waals surface area contributed by atoms with Crippen molar-refractivity contribution < 1.29 is 9.30 Å². The van der Waals surface area contributed by atoms with Crippen LogP contribution in [0.2, 0.25) is 5.02 Å². The number of piperidine rings is 1. The van der Waals surface area contributed by atoms with E-state index in [1.54, 1.807) is 32.8 Å². The monoisotopic (exact) mass is 503 g/mol. The fourth-order valence-corrected chi connectivity index (χ4v) is 5.34. The van der Waals surface area contributed by atoms with Gasteiger partial charge in [0.25, 0.3) is 0 Å². The summed E-state index contributed by atoms with van der Waals surface area (Å²) in [4.78, 5) is 11.3. The number of halogens is 1. The molecule has 1 aromatic carbocycles. The maximum absolute atomic E-state index is 12.7. The van der Waals surface area contributed by atoms with E-state index in [9.17, 15) is 4.57 Å². The van der Waals surface area contributed by atoms with Crippen LogP contribution in [0.3, 0.4) is 0 Å². The summed E-state index contributed by atoms with van der Waals surface area (Å²) >= 11 is 6.35. The number of likely N-dealkylation sites (tertiary alicyclic amines) is 1. The molecule has 3 heterocycles. The van der Waals surface area contributed by atoms with Crippen LogP contribution in [0.25, 0.3) is 0 Å². The van der Waals surface area contributed by atoms with Gasteiger partial charge in [0.15, 0.2) is 5.82 Å². The van der Waals surface area contributed by atoms with Crippen LogP contribution in [0, 0.1) is 0 Å². The molecule has 34 heavy (non-hydrogen) atoms. The van der Waals surface area contributed by atoms with Gasteiger partial charge in [0.1, 0.15) is 12.2 Å². The lowest BCUT2D eigenvalue weighted by molar-refractivity contribution is 0.119. The van der Waals surface area contributed by atoms with E-state index in [0.717, 1.165) is 50.1 Å². The Kier molecular flexibility index (Phi) is 7.88. The minimum Gasteiger partial charge on any atom is -0.383 e. The van der Waals surface area contributed by atoms with Gasteiger partial charge in [-0.2, -0.15) is 10.1 Å². The zero-order valence-corrected chi connectivity index (χ0v) is 21.4. The molecule has 1 saturated heterocycles. The normalized spacial score (nSPS) is 15.4. The highest BCUT2D eigenvalue weighted by atomic mass is 35.5. The third kappa shape index (κ3) is 6.16. The Morgan fingerprint density at radius 2 is 1.94 bits per heavy atom. The van der Waals surface area contributed by atoms with Crippen LogP contribution >= 0.6 is 18.7 Å². The number of para-hydroxylation sites is 1. The molecular formula is C23H31ClN7O2P. The second-order valence-electron chi connectivity index (χ2n) is 8.78. The Labute approximate surface area is 205 Å². The fraction of sp³-hybridized carbons (Fsp3) is 0.435. The summed E-state index contributed by atoms with van der Waals surface area (Å²) in [6, 6.07) is 7.84. The van der Waals surface area contributed by atoms with Crippen molar-refractivity contribution in [3.63, 3.8) is 0 Å². The van der Waals surface area contributed by atoms with E-state index >= 15 is 0 Å². The minimum atomic E-state index is -2.48. The summed E-state index contributed by atoms with van der Waals surface area (Å²) in [7, 11) is -0.742. The number of nitrogens with zero attached hydrogens (tertiary/aromatic N) is 5.